The van der Waals surface area contributed by atoms with E-state index in [1.54, 1.807) is 0 Å². The van der Waals surface area contributed by atoms with Gasteiger partial charge in [-0.25, -0.2) is 0 Å². The number of nitrogens with zero attached hydrogens (tertiary/aromatic N) is 1. The first-order valence-electron chi connectivity index (χ1n) is 6.50. The predicted octanol–water partition coefficient (Wildman–Crippen LogP) is 2.56. The highest BCUT2D eigenvalue weighted by Crippen LogP contribution is 2.39. The van der Waals surface area contributed by atoms with Gasteiger partial charge in [0, 0.05) is 30.5 Å². The number of unbranched alkanes of at least 4 members (excludes halogenated alkanes) is 1. The van der Waals surface area contributed by atoms with E-state index in [1.807, 2.05) is 26.5 Å². The maximum absolute atomic E-state index is 11.9. The zero-order valence-corrected chi connectivity index (χ0v) is 11.9. The van der Waals surface area contributed by atoms with Gasteiger partial charge in [-0.1, -0.05) is 28.0 Å². The molecule has 1 amide bonds. The SMILES string of the molecule is O=C(CCCC[C@H]1CCSS1)N1CCOCC1. The van der Waals surface area contributed by atoms with Gasteiger partial charge in [0.15, 0.2) is 0 Å². The minimum absolute atomic E-state index is 0.321. The maximum Gasteiger partial charge on any atom is 0.222 e. The molecule has 0 radical (unpaired) electrons. The highest BCUT2D eigenvalue weighted by atomic mass is 33.1. The van der Waals surface area contributed by atoms with Crippen molar-refractivity contribution in [1.29, 1.82) is 0 Å². The van der Waals surface area contributed by atoms with Crippen molar-refractivity contribution in [2.24, 2.45) is 0 Å². The van der Waals surface area contributed by atoms with E-state index in [4.69, 9.17) is 4.74 Å². The molecule has 2 saturated heterocycles. The van der Waals surface area contributed by atoms with Gasteiger partial charge in [0.25, 0.3) is 0 Å². The van der Waals surface area contributed by atoms with Crippen LogP contribution in [0.15, 0.2) is 0 Å². The fourth-order valence-electron chi connectivity index (χ4n) is 2.18. The predicted molar refractivity (Wildman–Crippen MR) is 74.3 cm³/mol. The number of morpholine rings is 1. The highest BCUT2D eigenvalue weighted by molar-refractivity contribution is 8.77. The molecule has 2 heterocycles. The van der Waals surface area contributed by atoms with Crippen molar-refractivity contribution in [3.05, 3.63) is 0 Å². The van der Waals surface area contributed by atoms with Crippen LogP contribution in [-0.4, -0.2) is 48.1 Å². The first-order chi connectivity index (χ1) is 8.36. The Labute approximate surface area is 111 Å². The van der Waals surface area contributed by atoms with Crippen LogP contribution in [-0.2, 0) is 9.53 Å². The number of carbonyl (C=O) groups excluding carboxylic acids is 1. The van der Waals surface area contributed by atoms with Crippen LogP contribution in [0.2, 0.25) is 0 Å². The Morgan fingerprint density at radius 1 is 1.29 bits per heavy atom. The van der Waals surface area contributed by atoms with Crippen molar-refractivity contribution < 1.29 is 9.53 Å². The lowest BCUT2D eigenvalue weighted by molar-refractivity contribution is -0.135. The summed E-state index contributed by atoms with van der Waals surface area (Å²) in [5, 5.41) is 0.846. The molecule has 0 bridgehead atoms. The topological polar surface area (TPSA) is 29.5 Å². The second-order valence-electron chi connectivity index (χ2n) is 4.57. The summed E-state index contributed by atoms with van der Waals surface area (Å²) < 4.78 is 5.24. The van der Waals surface area contributed by atoms with Crippen LogP contribution in [0.25, 0.3) is 0 Å². The van der Waals surface area contributed by atoms with Crippen LogP contribution in [0.5, 0.6) is 0 Å². The van der Waals surface area contributed by atoms with Crippen molar-refractivity contribution in [3.63, 3.8) is 0 Å². The van der Waals surface area contributed by atoms with E-state index in [9.17, 15) is 4.79 Å². The molecule has 2 rings (SSSR count). The molecule has 17 heavy (non-hydrogen) atoms. The molecule has 0 aromatic rings. The molecular weight excluding hydrogens is 254 g/mol. The van der Waals surface area contributed by atoms with E-state index < -0.39 is 0 Å². The average Bonchev–Trinajstić information content (AvgIpc) is 2.88. The summed E-state index contributed by atoms with van der Waals surface area (Å²) in [6.07, 6.45) is 5.62. The third-order valence-electron chi connectivity index (χ3n) is 3.26. The Balaban J connectivity index is 1.53. The van der Waals surface area contributed by atoms with Crippen molar-refractivity contribution >= 4 is 27.5 Å². The summed E-state index contributed by atoms with van der Waals surface area (Å²) in [6.45, 7) is 2.99. The normalized spacial score (nSPS) is 25.2. The van der Waals surface area contributed by atoms with Crippen LogP contribution in [0.4, 0.5) is 0 Å². The zero-order chi connectivity index (χ0) is 11.9. The van der Waals surface area contributed by atoms with E-state index in [1.165, 1.54) is 25.0 Å². The molecule has 5 heteroatoms. The molecule has 0 aliphatic carbocycles. The molecule has 1 atom stereocenters. The van der Waals surface area contributed by atoms with Crippen molar-refractivity contribution in [3.8, 4) is 0 Å². The quantitative estimate of drug-likeness (QED) is 0.570. The van der Waals surface area contributed by atoms with Crippen LogP contribution >= 0.6 is 21.6 Å². The monoisotopic (exact) mass is 275 g/mol. The molecule has 0 aromatic heterocycles. The fraction of sp³-hybridized carbons (Fsp3) is 0.917. The summed E-state index contributed by atoms with van der Waals surface area (Å²) in [7, 11) is 4.03. The lowest BCUT2D eigenvalue weighted by Crippen LogP contribution is -2.40. The largest absolute Gasteiger partial charge is 0.378 e. The Bertz CT molecular complexity index is 239. The molecule has 3 nitrogen and oxygen atoms in total. The van der Waals surface area contributed by atoms with Crippen LogP contribution in [0.3, 0.4) is 0 Å². The van der Waals surface area contributed by atoms with E-state index in [0.717, 1.165) is 31.2 Å². The number of carbonyl (C=O) groups is 1. The Morgan fingerprint density at radius 2 is 2.12 bits per heavy atom. The summed E-state index contributed by atoms with van der Waals surface area (Å²) in [5.41, 5.74) is 0. The van der Waals surface area contributed by atoms with E-state index >= 15 is 0 Å². The van der Waals surface area contributed by atoms with Gasteiger partial charge in [0.1, 0.15) is 0 Å². The van der Waals surface area contributed by atoms with Gasteiger partial charge >= 0.3 is 0 Å². The third kappa shape index (κ3) is 4.72. The highest BCUT2D eigenvalue weighted by Gasteiger charge is 2.18. The van der Waals surface area contributed by atoms with Crippen molar-refractivity contribution in [2.45, 2.75) is 37.4 Å². The summed E-state index contributed by atoms with van der Waals surface area (Å²) >= 11 is 0. The molecule has 2 aliphatic heterocycles. The van der Waals surface area contributed by atoms with Gasteiger partial charge in [0.05, 0.1) is 13.2 Å². The smallest absolute Gasteiger partial charge is 0.222 e. The molecular formula is C12H21NO2S2. The van der Waals surface area contributed by atoms with Gasteiger partial charge in [-0.15, -0.1) is 0 Å². The van der Waals surface area contributed by atoms with Crippen LogP contribution < -0.4 is 0 Å². The van der Waals surface area contributed by atoms with Gasteiger partial charge in [-0.3, -0.25) is 4.79 Å². The molecule has 2 aliphatic rings. The first-order valence-corrected chi connectivity index (χ1v) is 8.88. The van der Waals surface area contributed by atoms with Gasteiger partial charge < -0.3 is 9.64 Å². The van der Waals surface area contributed by atoms with Gasteiger partial charge in [-0.2, -0.15) is 0 Å². The summed E-state index contributed by atoms with van der Waals surface area (Å²) in [4.78, 5) is 13.8. The lowest BCUT2D eigenvalue weighted by Gasteiger charge is -2.26. The number of hydrogen-bond donors (Lipinski definition) is 0. The lowest BCUT2D eigenvalue weighted by atomic mass is 10.1. The second kappa shape index (κ2) is 7.54. The van der Waals surface area contributed by atoms with E-state index in [0.29, 0.717) is 19.1 Å². The molecule has 0 N–H and O–H groups in total. The minimum Gasteiger partial charge on any atom is -0.378 e. The minimum atomic E-state index is 0.321. The van der Waals surface area contributed by atoms with Gasteiger partial charge in [-0.05, 0) is 19.3 Å². The Kier molecular flexibility index (Phi) is 6.01. The number of rotatable bonds is 5. The van der Waals surface area contributed by atoms with Crippen molar-refractivity contribution in [2.75, 3.05) is 32.1 Å². The Morgan fingerprint density at radius 3 is 2.82 bits per heavy atom. The third-order valence-corrected chi connectivity index (χ3v) is 6.26. The number of hydrogen-bond acceptors (Lipinski definition) is 4. The average molecular weight is 275 g/mol. The summed E-state index contributed by atoms with van der Waals surface area (Å²) in [6, 6.07) is 0. The Hall–Kier alpha value is 0.130. The molecule has 0 unspecified atom stereocenters. The summed E-state index contributed by atoms with van der Waals surface area (Å²) in [5.74, 6) is 1.63. The van der Waals surface area contributed by atoms with Gasteiger partial charge in [0.2, 0.25) is 5.91 Å². The first kappa shape index (κ1) is 13.6. The molecule has 0 saturated carbocycles. The van der Waals surface area contributed by atoms with Crippen LogP contribution in [0.1, 0.15) is 32.1 Å². The molecule has 0 spiro atoms. The van der Waals surface area contributed by atoms with Crippen molar-refractivity contribution in [1.82, 2.24) is 4.90 Å². The zero-order valence-electron chi connectivity index (χ0n) is 10.2. The standard InChI is InChI=1S/C12H21NO2S2/c14-12(13-6-8-15-9-7-13)4-2-1-3-11-5-10-16-17-11/h11H,1-10H2/t11-/m0/s1. The number of amides is 1. The van der Waals surface area contributed by atoms with E-state index in [2.05, 4.69) is 0 Å². The maximum atomic E-state index is 11.9. The molecule has 0 aromatic carbocycles. The number of ether oxygens (including phenoxy) is 1. The fourth-order valence-corrected chi connectivity index (χ4v) is 5.21. The van der Waals surface area contributed by atoms with E-state index in [-0.39, 0.29) is 0 Å². The molecule has 2 fully saturated rings. The van der Waals surface area contributed by atoms with Crippen LogP contribution in [0, 0.1) is 0 Å². The second-order valence-corrected chi connectivity index (χ2v) is 7.36. The molecule has 98 valence electrons.